The van der Waals surface area contributed by atoms with Crippen molar-refractivity contribution in [1.82, 2.24) is 5.43 Å². The number of rotatable bonds is 3. The molecular formula is C13H16N2OS. The molecule has 0 amide bonds. The van der Waals surface area contributed by atoms with Gasteiger partial charge in [0.2, 0.25) is 0 Å². The molecule has 0 radical (unpaired) electrons. The standard InChI is InChI=1S/C13H16N2OS/c14-15-13(10-5-6-17-8-10)12-7-9-3-1-2-4-11(9)16-12/h1-4,7,10,13,15H,5-6,8,14H2. The topological polar surface area (TPSA) is 51.2 Å². The van der Waals surface area contributed by atoms with Crippen LogP contribution < -0.4 is 11.3 Å². The third kappa shape index (κ3) is 2.08. The Morgan fingerprint density at radius 3 is 3.00 bits per heavy atom. The Balaban J connectivity index is 1.94. The molecule has 1 saturated heterocycles. The number of hydrogen-bond donors (Lipinski definition) is 2. The Bertz CT molecular complexity index is 472. The minimum atomic E-state index is 0.136. The van der Waals surface area contributed by atoms with Crippen molar-refractivity contribution < 1.29 is 4.42 Å². The zero-order valence-electron chi connectivity index (χ0n) is 9.56. The zero-order chi connectivity index (χ0) is 11.7. The van der Waals surface area contributed by atoms with E-state index in [4.69, 9.17) is 10.3 Å². The maximum absolute atomic E-state index is 5.88. The summed E-state index contributed by atoms with van der Waals surface area (Å²) in [6, 6.07) is 10.3. The minimum absolute atomic E-state index is 0.136. The van der Waals surface area contributed by atoms with Crippen LogP contribution in [0.15, 0.2) is 34.7 Å². The molecule has 4 heteroatoms. The SMILES string of the molecule is NNC(c1cc2ccccc2o1)C1CCSC1. The highest BCUT2D eigenvalue weighted by molar-refractivity contribution is 7.99. The first-order chi connectivity index (χ1) is 8.38. The zero-order valence-corrected chi connectivity index (χ0v) is 10.4. The molecule has 17 heavy (non-hydrogen) atoms. The molecule has 2 atom stereocenters. The van der Waals surface area contributed by atoms with Crippen molar-refractivity contribution in [2.45, 2.75) is 12.5 Å². The van der Waals surface area contributed by atoms with Crippen molar-refractivity contribution in [3.05, 3.63) is 36.1 Å². The number of fused-ring (bicyclic) bond motifs is 1. The van der Waals surface area contributed by atoms with Crippen molar-refractivity contribution in [2.24, 2.45) is 11.8 Å². The molecular weight excluding hydrogens is 232 g/mol. The van der Waals surface area contributed by atoms with Crippen LogP contribution in [-0.4, -0.2) is 11.5 Å². The lowest BCUT2D eigenvalue weighted by Gasteiger charge is -2.19. The van der Waals surface area contributed by atoms with Crippen LogP contribution in [0.3, 0.4) is 0 Å². The maximum Gasteiger partial charge on any atom is 0.134 e. The molecule has 2 aromatic rings. The summed E-state index contributed by atoms with van der Waals surface area (Å²) < 4.78 is 5.88. The van der Waals surface area contributed by atoms with Gasteiger partial charge < -0.3 is 4.42 Å². The van der Waals surface area contributed by atoms with Crippen LogP contribution in [0.2, 0.25) is 0 Å². The Hall–Kier alpha value is -0.970. The average Bonchev–Trinajstić information content (AvgIpc) is 2.98. The van der Waals surface area contributed by atoms with E-state index >= 15 is 0 Å². The number of hydrogen-bond acceptors (Lipinski definition) is 4. The molecule has 3 rings (SSSR count). The maximum atomic E-state index is 5.88. The number of thioether (sulfide) groups is 1. The van der Waals surface area contributed by atoms with Gasteiger partial charge in [-0.1, -0.05) is 18.2 Å². The van der Waals surface area contributed by atoms with Crippen LogP contribution in [0.1, 0.15) is 18.2 Å². The monoisotopic (exact) mass is 248 g/mol. The summed E-state index contributed by atoms with van der Waals surface area (Å²) in [5, 5.41) is 1.15. The van der Waals surface area contributed by atoms with Crippen molar-refractivity contribution in [3.8, 4) is 0 Å². The van der Waals surface area contributed by atoms with Gasteiger partial charge in [-0.3, -0.25) is 5.84 Å². The summed E-state index contributed by atoms with van der Waals surface area (Å²) >= 11 is 1.99. The average molecular weight is 248 g/mol. The summed E-state index contributed by atoms with van der Waals surface area (Å²) in [5.74, 6) is 9.61. The molecule has 0 bridgehead atoms. The highest BCUT2D eigenvalue weighted by Gasteiger charge is 2.28. The summed E-state index contributed by atoms with van der Waals surface area (Å²) in [5.41, 5.74) is 3.85. The highest BCUT2D eigenvalue weighted by atomic mass is 32.2. The molecule has 0 aliphatic carbocycles. The molecule has 90 valence electrons. The van der Waals surface area contributed by atoms with Gasteiger partial charge in [0.15, 0.2) is 0 Å². The lowest BCUT2D eigenvalue weighted by molar-refractivity contribution is 0.342. The van der Waals surface area contributed by atoms with E-state index in [0.29, 0.717) is 5.92 Å². The number of hydrazine groups is 1. The normalized spacial score (nSPS) is 22.1. The lowest BCUT2D eigenvalue weighted by Crippen LogP contribution is -2.33. The first-order valence-electron chi connectivity index (χ1n) is 5.91. The van der Waals surface area contributed by atoms with Crippen LogP contribution in [-0.2, 0) is 0 Å². The van der Waals surface area contributed by atoms with E-state index in [2.05, 4.69) is 17.6 Å². The largest absolute Gasteiger partial charge is 0.459 e. The molecule has 1 aromatic carbocycles. The number of benzene rings is 1. The van der Waals surface area contributed by atoms with Crippen molar-refractivity contribution in [2.75, 3.05) is 11.5 Å². The minimum Gasteiger partial charge on any atom is -0.459 e. The van der Waals surface area contributed by atoms with Crippen LogP contribution >= 0.6 is 11.8 Å². The van der Waals surface area contributed by atoms with E-state index in [1.54, 1.807) is 0 Å². The summed E-state index contributed by atoms with van der Waals surface area (Å²) in [7, 11) is 0. The lowest BCUT2D eigenvalue weighted by atomic mass is 9.97. The Kier molecular flexibility index (Phi) is 3.09. The van der Waals surface area contributed by atoms with Crippen molar-refractivity contribution in [1.29, 1.82) is 0 Å². The third-order valence-corrected chi connectivity index (χ3v) is 4.56. The fourth-order valence-electron chi connectivity index (χ4n) is 2.42. The van der Waals surface area contributed by atoms with Gasteiger partial charge in [-0.05, 0) is 36.0 Å². The van der Waals surface area contributed by atoms with Gasteiger partial charge in [0.1, 0.15) is 11.3 Å². The van der Waals surface area contributed by atoms with E-state index < -0.39 is 0 Å². The fourth-order valence-corrected chi connectivity index (χ4v) is 3.72. The van der Waals surface area contributed by atoms with E-state index in [1.165, 1.54) is 12.2 Å². The van der Waals surface area contributed by atoms with E-state index in [0.717, 1.165) is 22.5 Å². The highest BCUT2D eigenvalue weighted by Crippen LogP contribution is 2.35. The molecule has 1 fully saturated rings. The first kappa shape index (κ1) is 11.1. The van der Waals surface area contributed by atoms with Gasteiger partial charge in [0, 0.05) is 5.39 Å². The molecule has 0 spiro atoms. The second-order valence-corrected chi connectivity index (χ2v) is 5.60. The van der Waals surface area contributed by atoms with E-state index in [1.807, 2.05) is 30.0 Å². The molecule has 1 aromatic heterocycles. The summed E-state index contributed by atoms with van der Waals surface area (Å²) in [4.78, 5) is 0. The molecule has 2 heterocycles. The van der Waals surface area contributed by atoms with Gasteiger partial charge in [0.05, 0.1) is 6.04 Å². The van der Waals surface area contributed by atoms with Crippen molar-refractivity contribution >= 4 is 22.7 Å². The molecule has 3 nitrogen and oxygen atoms in total. The molecule has 1 aliphatic rings. The van der Waals surface area contributed by atoms with Crippen LogP contribution in [0.5, 0.6) is 0 Å². The number of para-hydroxylation sites is 1. The van der Waals surface area contributed by atoms with Crippen LogP contribution in [0.4, 0.5) is 0 Å². The second-order valence-electron chi connectivity index (χ2n) is 4.45. The molecule has 2 unspecified atom stereocenters. The molecule has 1 aliphatic heterocycles. The van der Waals surface area contributed by atoms with E-state index in [-0.39, 0.29) is 6.04 Å². The van der Waals surface area contributed by atoms with Crippen LogP contribution in [0, 0.1) is 5.92 Å². The quantitative estimate of drug-likeness (QED) is 0.647. The van der Waals surface area contributed by atoms with Crippen LogP contribution in [0.25, 0.3) is 11.0 Å². The summed E-state index contributed by atoms with van der Waals surface area (Å²) in [6.07, 6.45) is 1.20. The smallest absolute Gasteiger partial charge is 0.134 e. The van der Waals surface area contributed by atoms with Gasteiger partial charge in [-0.15, -0.1) is 0 Å². The number of furan rings is 1. The first-order valence-corrected chi connectivity index (χ1v) is 7.06. The second kappa shape index (κ2) is 4.72. The van der Waals surface area contributed by atoms with Crippen molar-refractivity contribution in [3.63, 3.8) is 0 Å². The van der Waals surface area contributed by atoms with Gasteiger partial charge in [-0.2, -0.15) is 11.8 Å². The van der Waals surface area contributed by atoms with Gasteiger partial charge in [0.25, 0.3) is 0 Å². The third-order valence-electron chi connectivity index (χ3n) is 3.37. The van der Waals surface area contributed by atoms with Gasteiger partial charge in [-0.25, -0.2) is 5.43 Å². The molecule has 0 saturated carbocycles. The fraction of sp³-hybridized carbons (Fsp3) is 0.385. The molecule has 3 N–H and O–H groups in total. The number of nitrogens with one attached hydrogen (secondary N) is 1. The predicted octanol–water partition coefficient (Wildman–Crippen LogP) is 2.69. The van der Waals surface area contributed by atoms with E-state index in [9.17, 15) is 0 Å². The summed E-state index contributed by atoms with van der Waals surface area (Å²) in [6.45, 7) is 0. The Morgan fingerprint density at radius 2 is 2.29 bits per heavy atom. The number of nitrogens with two attached hydrogens (primary N) is 1. The Morgan fingerprint density at radius 1 is 1.41 bits per heavy atom. The Labute approximate surface area is 105 Å². The predicted molar refractivity (Wildman–Crippen MR) is 71.7 cm³/mol. The van der Waals surface area contributed by atoms with Gasteiger partial charge >= 0.3 is 0 Å².